The monoisotopic (exact) mass is 357 g/mol. The molecule has 0 unspecified atom stereocenters. The molecule has 2 rings (SSSR count). The maximum atomic E-state index is 13.6. The van der Waals surface area contributed by atoms with Gasteiger partial charge in [0.05, 0.1) is 5.56 Å². The van der Waals surface area contributed by atoms with E-state index in [1.165, 1.54) is 32.3 Å². The minimum atomic E-state index is -4.59. The Bertz CT molecular complexity index is 736. The lowest BCUT2D eigenvalue weighted by Gasteiger charge is -2.28. The lowest BCUT2D eigenvalue weighted by Crippen LogP contribution is -2.43. The number of halogens is 4. The van der Waals surface area contributed by atoms with Crippen LogP contribution in [0, 0.1) is 5.82 Å². The van der Waals surface area contributed by atoms with Crippen molar-refractivity contribution in [2.75, 3.05) is 6.54 Å². The second-order valence-electron chi connectivity index (χ2n) is 5.42. The van der Waals surface area contributed by atoms with E-state index in [1.54, 1.807) is 0 Å². The van der Waals surface area contributed by atoms with Gasteiger partial charge in [0.2, 0.25) is 0 Å². The Labute approximate surface area is 141 Å². The fourth-order valence-electron chi connectivity index (χ4n) is 2.03. The number of ether oxygens (including phenoxy) is 1. The van der Waals surface area contributed by atoms with E-state index in [2.05, 4.69) is 9.97 Å². The average Bonchev–Trinajstić information content (AvgIpc) is 2.53. The van der Waals surface area contributed by atoms with Gasteiger partial charge in [-0.25, -0.2) is 14.4 Å². The van der Waals surface area contributed by atoms with Gasteiger partial charge in [-0.05, 0) is 38.1 Å². The Morgan fingerprint density at radius 1 is 1.24 bits per heavy atom. The molecule has 1 aromatic carbocycles. The average molecular weight is 357 g/mol. The predicted octanol–water partition coefficient (Wildman–Crippen LogP) is 3.82. The summed E-state index contributed by atoms with van der Waals surface area (Å²) in [7, 11) is 0. The molecule has 5 nitrogen and oxygen atoms in total. The van der Waals surface area contributed by atoms with Crippen molar-refractivity contribution in [3.05, 3.63) is 48.0 Å². The van der Waals surface area contributed by atoms with E-state index in [0.717, 1.165) is 18.2 Å². The zero-order chi connectivity index (χ0) is 18.6. The number of hydrogen-bond acceptors (Lipinski definition) is 4. The van der Waals surface area contributed by atoms with E-state index in [1.807, 2.05) is 0 Å². The van der Waals surface area contributed by atoms with Gasteiger partial charge in [-0.2, -0.15) is 13.2 Å². The van der Waals surface area contributed by atoms with Gasteiger partial charge in [0.1, 0.15) is 18.1 Å². The number of carbonyl (C=O) groups excluding carboxylic acids is 1. The van der Waals surface area contributed by atoms with Gasteiger partial charge in [-0.1, -0.05) is 0 Å². The smallest absolute Gasteiger partial charge is 0.406 e. The van der Waals surface area contributed by atoms with Crippen molar-refractivity contribution in [2.24, 2.45) is 0 Å². The summed E-state index contributed by atoms with van der Waals surface area (Å²) in [6, 6.07) is 3.66. The molecular weight excluding hydrogens is 342 g/mol. The molecule has 1 amide bonds. The molecule has 2 aromatic rings. The van der Waals surface area contributed by atoms with Crippen LogP contribution in [-0.4, -0.2) is 39.5 Å². The van der Waals surface area contributed by atoms with Gasteiger partial charge in [0, 0.05) is 18.4 Å². The maximum absolute atomic E-state index is 13.6. The highest BCUT2D eigenvalue weighted by atomic mass is 19.4. The van der Waals surface area contributed by atoms with E-state index < -0.39 is 30.5 Å². The zero-order valence-corrected chi connectivity index (χ0v) is 13.4. The number of hydrogen-bond donors (Lipinski definition) is 0. The standard InChI is InChI=1S/C16H15F4N3O2/c1-10(2)23(9-16(18,19)20)14(24)12-8-11(17)4-5-13(12)25-15-21-6-3-7-22-15/h3-8,10H,9H2,1-2H3. The lowest BCUT2D eigenvalue weighted by molar-refractivity contribution is -0.143. The summed E-state index contributed by atoms with van der Waals surface area (Å²) in [4.78, 5) is 20.8. The van der Waals surface area contributed by atoms with Crippen LogP contribution in [0.25, 0.3) is 0 Å². The van der Waals surface area contributed by atoms with Crippen molar-refractivity contribution in [3.63, 3.8) is 0 Å². The summed E-state index contributed by atoms with van der Waals surface area (Å²) in [6.45, 7) is 1.41. The van der Waals surface area contributed by atoms with Gasteiger partial charge in [-0.15, -0.1) is 0 Å². The third-order valence-electron chi connectivity index (χ3n) is 3.15. The van der Waals surface area contributed by atoms with Crippen molar-refractivity contribution >= 4 is 5.91 Å². The van der Waals surface area contributed by atoms with Crippen LogP contribution in [0.3, 0.4) is 0 Å². The van der Waals surface area contributed by atoms with Crippen molar-refractivity contribution in [1.29, 1.82) is 0 Å². The van der Waals surface area contributed by atoms with Crippen LogP contribution in [0.5, 0.6) is 11.8 Å². The summed E-state index contributed by atoms with van der Waals surface area (Å²) in [6.07, 6.45) is -1.81. The largest absolute Gasteiger partial charge is 0.423 e. The fraction of sp³-hybridized carbons (Fsp3) is 0.312. The molecule has 9 heteroatoms. The van der Waals surface area contributed by atoms with E-state index in [4.69, 9.17) is 4.74 Å². The predicted molar refractivity (Wildman–Crippen MR) is 80.7 cm³/mol. The van der Waals surface area contributed by atoms with Gasteiger partial charge >= 0.3 is 12.2 Å². The van der Waals surface area contributed by atoms with E-state index in [-0.39, 0.29) is 17.3 Å². The van der Waals surface area contributed by atoms with Crippen LogP contribution in [0.15, 0.2) is 36.7 Å². The zero-order valence-electron chi connectivity index (χ0n) is 13.4. The van der Waals surface area contributed by atoms with Crippen LogP contribution < -0.4 is 4.74 Å². The van der Waals surface area contributed by atoms with Gasteiger partial charge in [0.15, 0.2) is 0 Å². The van der Waals surface area contributed by atoms with Crippen molar-refractivity contribution < 1.29 is 27.1 Å². The molecule has 1 heterocycles. The van der Waals surface area contributed by atoms with Gasteiger partial charge in [-0.3, -0.25) is 4.79 Å². The summed E-state index contributed by atoms with van der Waals surface area (Å²) in [5, 5.41) is 0. The van der Waals surface area contributed by atoms with E-state index >= 15 is 0 Å². The third-order valence-corrected chi connectivity index (χ3v) is 3.15. The number of aromatic nitrogens is 2. The minimum Gasteiger partial charge on any atom is -0.423 e. The van der Waals surface area contributed by atoms with Gasteiger partial charge in [0.25, 0.3) is 5.91 Å². The molecule has 0 aliphatic rings. The number of rotatable bonds is 5. The molecule has 0 radical (unpaired) electrons. The molecule has 0 saturated carbocycles. The summed E-state index contributed by atoms with van der Waals surface area (Å²) in [5.74, 6) is -1.91. The highest BCUT2D eigenvalue weighted by molar-refractivity contribution is 5.97. The van der Waals surface area contributed by atoms with Crippen LogP contribution in [0.1, 0.15) is 24.2 Å². The number of alkyl halides is 3. The van der Waals surface area contributed by atoms with Crippen molar-refractivity contribution in [1.82, 2.24) is 14.9 Å². The molecule has 1 aromatic heterocycles. The first-order valence-electron chi connectivity index (χ1n) is 7.29. The Morgan fingerprint density at radius 2 is 1.88 bits per heavy atom. The highest BCUT2D eigenvalue weighted by Gasteiger charge is 2.35. The number of carbonyl (C=O) groups is 1. The Morgan fingerprint density at radius 3 is 2.44 bits per heavy atom. The first-order valence-corrected chi connectivity index (χ1v) is 7.29. The highest BCUT2D eigenvalue weighted by Crippen LogP contribution is 2.27. The molecule has 134 valence electrons. The topological polar surface area (TPSA) is 55.3 Å². The summed E-state index contributed by atoms with van der Waals surface area (Å²) >= 11 is 0. The quantitative estimate of drug-likeness (QED) is 0.764. The van der Waals surface area contributed by atoms with Crippen LogP contribution >= 0.6 is 0 Å². The number of nitrogens with zero attached hydrogens (tertiary/aromatic N) is 3. The van der Waals surface area contributed by atoms with E-state index in [9.17, 15) is 22.4 Å². The second-order valence-corrected chi connectivity index (χ2v) is 5.42. The maximum Gasteiger partial charge on any atom is 0.406 e. The number of amides is 1. The third kappa shape index (κ3) is 5.13. The lowest BCUT2D eigenvalue weighted by atomic mass is 10.1. The molecular formula is C16H15F4N3O2. The first kappa shape index (κ1) is 18.6. The molecule has 0 aliphatic carbocycles. The van der Waals surface area contributed by atoms with Crippen molar-refractivity contribution in [3.8, 4) is 11.8 Å². The van der Waals surface area contributed by atoms with E-state index in [0.29, 0.717) is 4.90 Å². The molecule has 0 aliphatic heterocycles. The summed E-state index contributed by atoms with van der Waals surface area (Å²) < 4.78 is 57.1. The molecule has 0 fully saturated rings. The molecule has 0 saturated heterocycles. The molecule has 0 spiro atoms. The minimum absolute atomic E-state index is 0.116. The number of benzene rings is 1. The summed E-state index contributed by atoms with van der Waals surface area (Å²) in [5.41, 5.74) is -0.342. The molecule has 0 bridgehead atoms. The molecule has 0 atom stereocenters. The fourth-order valence-corrected chi connectivity index (χ4v) is 2.03. The second kappa shape index (κ2) is 7.45. The van der Waals surface area contributed by atoms with Gasteiger partial charge < -0.3 is 9.64 Å². The van der Waals surface area contributed by atoms with Crippen LogP contribution in [0.4, 0.5) is 17.6 Å². The van der Waals surface area contributed by atoms with Crippen LogP contribution in [-0.2, 0) is 0 Å². The SMILES string of the molecule is CC(C)N(CC(F)(F)F)C(=O)c1cc(F)ccc1Oc1ncccn1. The Kier molecular flexibility index (Phi) is 5.55. The normalized spacial score (nSPS) is 11.5. The molecule has 0 N–H and O–H groups in total. The van der Waals surface area contributed by atoms with Crippen molar-refractivity contribution in [2.45, 2.75) is 26.1 Å². The van der Waals surface area contributed by atoms with Crippen LogP contribution in [0.2, 0.25) is 0 Å². The Hall–Kier alpha value is -2.71. The first-order chi connectivity index (χ1) is 11.7. The Balaban J connectivity index is 2.38. The molecule has 25 heavy (non-hydrogen) atoms.